The molecule has 4 N–H and O–H groups in total. The number of fused-ring (bicyclic) bond motifs is 3. The summed E-state index contributed by atoms with van der Waals surface area (Å²) >= 11 is 2.83. The largest absolute Gasteiger partial charge is 0.488 e. The number of aliphatic hydroxyl groups excluding tert-OH is 1. The zero-order valence-electron chi connectivity index (χ0n) is 64.5. The lowest BCUT2D eigenvalue weighted by Gasteiger charge is -2.35. The summed E-state index contributed by atoms with van der Waals surface area (Å²) in [6.07, 6.45) is 1.02. The minimum Gasteiger partial charge on any atom is -0.488 e. The Labute approximate surface area is 667 Å². The van der Waals surface area contributed by atoms with E-state index in [1.165, 1.54) is 53.2 Å². The number of nitrogens with one attached hydrogen (secondary N) is 3. The van der Waals surface area contributed by atoms with Crippen LogP contribution in [0.4, 0.5) is 4.39 Å². The van der Waals surface area contributed by atoms with Gasteiger partial charge in [-0.2, -0.15) is 5.10 Å². The van der Waals surface area contributed by atoms with Crippen molar-refractivity contribution in [3.05, 3.63) is 218 Å². The van der Waals surface area contributed by atoms with E-state index in [0.717, 1.165) is 38.4 Å². The first-order valence-electron chi connectivity index (χ1n) is 38.6. The van der Waals surface area contributed by atoms with Crippen LogP contribution in [0.3, 0.4) is 0 Å². The lowest BCUT2D eigenvalue weighted by Crippen LogP contribution is -2.55. The van der Waals surface area contributed by atoms with E-state index < -0.39 is 119 Å². The van der Waals surface area contributed by atoms with Crippen molar-refractivity contribution in [2.24, 2.45) is 24.8 Å². The molecular weight excluding hydrogens is 1490 g/mol. The Morgan fingerprint density at radius 3 is 1.45 bits per heavy atom. The number of aliphatic hydroxyl groups is 1. The molecule has 6 aliphatic heterocycles. The molecule has 590 valence electrons. The van der Waals surface area contributed by atoms with Gasteiger partial charge in [-0.25, -0.2) is 9.37 Å². The van der Waals surface area contributed by atoms with Gasteiger partial charge >= 0.3 is 0 Å². The highest BCUT2D eigenvalue weighted by atomic mass is 32.1. The molecule has 3 fully saturated rings. The molecule has 0 spiro atoms. The van der Waals surface area contributed by atoms with Gasteiger partial charge in [-0.3, -0.25) is 52.8 Å². The molecule has 25 nitrogen and oxygen atoms in total. The molecule has 3 saturated heterocycles. The summed E-state index contributed by atoms with van der Waals surface area (Å²) in [6, 6.07) is 33.2. The van der Waals surface area contributed by atoms with Crippen molar-refractivity contribution in [3.8, 4) is 43.6 Å². The minimum absolute atomic E-state index is 0.0142. The molecule has 3 aromatic heterocycles. The first-order chi connectivity index (χ1) is 54.8. The molecule has 114 heavy (non-hydrogen) atoms. The second-order valence-corrected chi connectivity index (χ2v) is 33.1. The van der Waals surface area contributed by atoms with Crippen LogP contribution in [0.2, 0.25) is 0 Å². The van der Waals surface area contributed by atoms with E-state index in [1.54, 1.807) is 101 Å². The van der Waals surface area contributed by atoms with E-state index in [0.29, 0.717) is 38.4 Å². The number of likely N-dealkylation sites (tertiary alicyclic amines) is 3. The van der Waals surface area contributed by atoms with Gasteiger partial charge < -0.3 is 59.9 Å². The Kier molecular flexibility index (Phi) is 22.2. The summed E-state index contributed by atoms with van der Waals surface area (Å²) in [6.45, 7) is 13.2. The van der Waals surface area contributed by atoms with Gasteiger partial charge in [-0.05, 0) is 112 Å². The fraction of sp³-hybridized carbons (Fsp3) is 0.372. The molecule has 0 radical (unpaired) electrons. The van der Waals surface area contributed by atoms with Crippen LogP contribution in [-0.4, -0.2) is 182 Å². The lowest BCUT2D eigenvalue weighted by molar-refractivity contribution is -0.143. The Hall–Kier alpha value is -11.5. The molecule has 9 amide bonds. The Bertz CT molecular complexity index is 5200. The number of halogens is 1. The van der Waals surface area contributed by atoms with Gasteiger partial charge in [0, 0.05) is 107 Å². The summed E-state index contributed by atoms with van der Waals surface area (Å²) in [5, 5.41) is 24.2. The number of benzene rings is 6. The number of carbonyl (C=O) groups is 9. The van der Waals surface area contributed by atoms with Crippen LogP contribution >= 0.6 is 22.7 Å². The van der Waals surface area contributed by atoms with E-state index >= 15 is 18.8 Å². The maximum atomic E-state index is 15.8. The van der Waals surface area contributed by atoms with Crippen molar-refractivity contribution in [1.29, 1.82) is 0 Å². The van der Waals surface area contributed by atoms with Gasteiger partial charge in [0.2, 0.25) is 35.4 Å². The number of ether oxygens (including phenoxy) is 2. The molecule has 0 unspecified atom stereocenters. The number of thiazole rings is 2. The standard InChI is InChI=1S/C86H90FN13O12S2/c1-47(2)74(84(108)95-42-59(101)30-70(95)78(102)89-35-51-13-18-54(19-14-51)69-27-28-93-94(69)8)99-40-57-22-24-60(31-66(57)82(99)106)112-63-34-72(80(104)91-37-53-17-26-65(68(87)29-53)77-50(7)92-46-114-77)97(44-63)86(110)76(49(5)6)100-41-58-23-25-61(32-67(58)83(100)107)111-62-33-71(79(103)90-36-52-15-20-55(21-16-52)73-38-88-45-113-73)96(43-62)85(109)75(48(3)4)98-39-56-11-9-10-12-64(56)81(98)105/h9-29,31-32,38,45-49,59,62-63,70-72,74-76,101H,30,33-37,39-44H2,1-8H3,(H,89,102)(H,90,103)(H,91,104)/t59-,62-,63-,70+,71+,72+,74+,75+,76+/m1/s1. The summed E-state index contributed by atoms with van der Waals surface area (Å²) in [4.78, 5) is 152. The Balaban J connectivity index is 0.641. The van der Waals surface area contributed by atoms with Crippen molar-refractivity contribution in [1.82, 2.24) is 65.1 Å². The molecule has 6 aromatic carbocycles. The topological polar surface area (TPSA) is 291 Å². The van der Waals surface area contributed by atoms with E-state index in [-0.39, 0.29) is 113 Å². The van der Waals surface area contributed by atoms with Gasteiger partial charge in [0.15, 0.2) is 0 Å². The third-order valence-electron chi connectivity index (χ3n) is 22.7. The molecule has 15 rings (SSSR count). The highest BCUT2D eigenvalue weighted by Gasteiger charge is 2.51. The number of carbonyl (C=O) groups excluding carboxylic acids is 9. The van der Waals surface area contributed by atoms with Crippen molar-refractivity contribution in [2.75, 3.05) is 19.6 Å². The number of aryl methyl sites for hydroxylation is 2. The van der Waals surface area contributed by atoms with Crippen molar-refractivity contribution in [3.63, 3.8) is 0 Å². The van der Waals surface area contributed by atoms with E-state index in [4.69, 9.17) is 9.47 Å². The number of hydrogen-bond donors (Lipinski definition) is 4. The number of nitrogens with zero attached hydrogens (tertiary/aromatic N) is 10. The van der Waals surface area contributed by atoms with Crippen molar-refractivity contribution in [2.45, 2.75) is 162 Å². The molecule has 6 aliphatic rings. The molecule has 9 aromatic rings. The molecular formula is C86H90FN13O12S2. The van der Waals surface area contributed by atoms with E-state index in [2.05, 4.69) is 31.0 Å². The highest BCUT2D eigenvalue weighted by molar-refractivity contribution is 7.13. The molecule has 0 saturated carbocycles. The van der Waals surface area contributed by atoms with Gasteiger partial charge in [0.1, 0.15) is 65.8 Å². The SMILES string of the molecule is Cc1ncsc1-c1ccc(CNC(=O)[C@@H]2C[C@@H](Oc3ccc4c(c3)C(=O)N([C@H](C(=O)N3C[C@H](O)C[C@H]3C(=O)NCc3ccc(-c5ccnn5C)cc3)C(C)C)C4)CN2C(=O)[C@H](C(C)C)N2Cc3ccc(O[C@@H]4C[C@@H](C(=O)NCc5ccc(-c6cncs6)cc5)N(C(=O)[C@H](C(C)C)N5Cc6ccccc6C5=O)C4)cc3C2=O)cc1F. The highest BCUT2D eigenvalue weighted by Crippen LogP contribution is 2.39. The van der Waals surface area contributed by atoms with Crippen LogP contribution in [0.1, 0.15) is 131 Å². The predicted octanol–water partition coefficient (Wildman–Crippen LogP) is 9.73. The normalized spacial score (nSPS) is 19.9. The third-order valence-corrected chi connectivity index (χ3v) is 24.5. The van der Waals surface area contributed by atoms with Crippen LogP contribution < -0.4 is 25.4 Å². The van der Waals surface area contributed by atoms with Crippen LogP contribution in [0, 0.1) is 30.5 Å². The zero-order valence-corrected chi connectivity index (χ0v) is 66.2. The fourth-order valence-electron chi connectivity index (χ4n) is 16.9. The number of hydrogen-bond acceptors (Lipinski definition) is 17. The first kappa shape index (κ1) is 77.8. The molecule has 0 bridgehead atoms. The molecule has 9 heterocycles. The van der Waals surface area contributed by atoms with Crippen LogP contribution in [0.25, 0.3) is 32.1 Å². The average molecular weight is 1580 g/mol. The summed E-state index contributed by atoms with van der Waals surface area (Å²) < 4.78 is 31.0. The summed E-state index contributed by atoms with van der Waals surface area (Å²) in [7, 11) is 1.86. The quantitative estimate of drug-likeness (QED) is 0.0414. The van der Waals surface area contributed by atoms with Crippen molar-refractivity contribution >= 4 is 75.8 Å². The van der Waals surface area contributed by atoms with Gasteiger partial charge in [-0.15, -0.1) is 22.7 Å². The zero-order chi connectivity index (χ0) is 80.1. The smallest absolute Gasteiger partial charge is 0.255 e. The molecule has 28 heteroatoms. The number of rotatable bonds is 25. The van der Waals surface area contributed by atoms with Gasteiger partial charge in [0.25, 0.3) is 17.7 Å². The first-order valence-corrected chi connectivity index (χ1v) is 40.4. The van der Waals surface area contributed by atoms with E-state index in [1.807, 2.05) is 115 Å². The maximum absolute atomic E-state index is 15.8. The average Bonchev–Trinajstić information content (AvgIpc) is 1.60. The summed E-state index contributed by atoms with van der Waals surface area (Å²) in [5.74, 6) is -5.22. The number of β-amino-alcohol motifs (C(OH)–C–C–N with tert-alkyl or cyclic N) is 1. The predicted molar refractivity (Wildman–Crippen MR) is 424 cm³/mol. The number of amides is 9. The number of aromatic nitrogens is 4. The second kappa shape index (κ2) is 32.5. The van der Waals surface area contributed by atoms with Crippen LogP contribution in [0.15, 0.2) is 157 Å². The third kappa shape index (κ3) is 15.6. The second-order valence-electron chi connectivity index (χ2n) is 31.4. The van der Waals surface area contributed by atoms with E-state index in [9.17, 15) is 33.9 Å². The Morgan fingerprint density at radius 2 is 0.991 bits per heavy atom. The maximum Gasteiger partial charge on any atom is 0.255 e. The van der Waals surface area contributed by atoms with Crippen LogP contribution in [0.5, 0.6) is 11.5 Å². The van der Waals surface area contributed by atoms with Crippen molar-refractivity contribution < 1.29 is 62.1 Å². The Morgan fingerprint density at radius 1 is 0.526 bits per heavy atom. The minimum atomic E-state index is -1.16. The van der Waals surface area contributed by atoms with Crippen LogP contribution in [-0.2, 0) is 75.1 Å². The fourth-order valence-corrected chi connectivity index (χ4v) is 18.4. The molecule has 9 atom stereocenters. The van der Waals surface area contributed by atoms with Gasteiger partial charge in [-0.1, -0.05) is 133 Å². The molecule has 0 aliphatic carbocycles. The summed E-state index contributed by atoms with van der Waals surface area (Å²) in [5.41, 5.74) is 12.5. The lowest BCUT2D eigenvalue weighted by atomic mass is 10.0. The monoisotopic (exact) mass is 1580 g/mol. The van der Waals surface area contributed by atoms with Gasteiger partial charge in [0.05, 0.1) is 51.4 Å².